The number of aromatic nitrogens is 10. The van der Waals surface area contributed by atoms with Gasteiger partial charge < -0.3 is 16.4 Å². The monoisotopic (exact) mass is 905 g/mol. The number of anilines is 2. The van der Waals surface area contributed by atoms with Gasteiger partial charge in [-0.2, -0.15) is 24.4 Å². The quantitative estimate of drug-likeness (QED) is 0.104. The highest BCUT2D eigenvalue weighted by Crippen LogP contribution is 2.31. The van der Waals surface area contributed by atoms with Gasteiger partial charge in [0.15, 0.2) is 11.3 Å². The molecule has 0 bridgehead atoms. The normalized spacial score (nSPS) is 11.1. The third kappa shape index (κ3) is 8.39. The molecule has 0 spiro atoms. The van der Waals surface area contributed by atoms with Crippen molar-refractivity contribution in [2.45, 2.75) is 19.6 Å². The Morgan fingerprint density at radius 2 is 1.21 bits per heavy atom. The first-order chi connectivity index (χ1) is 27.8. The number of H-pyrrole nitrogens is 1. The molecule has 0 atom stereocenters. The number of fused-ring (bicyclic) bond motifs is 2. The average Bonchev–Trinajstić information content (AvgIpc) is 4.01. The third-order valence-electron chi connectivity index (χ3n) is 8.92. The fourth-order valence-corrected chi connectivity index (χ4v) is 6.90. The Hall–Kier alpha value is -6.07. The molecule has 4 aromatic carbocycles. The van der Waals surface area contributed by atoms with Crippen molar-refractivity contribution in [3.8, 4) is 33.9 Å². The number of nitrogens with two attached hydrogens (primary N) is 1. The second kappa shape index (κ2) is 17.0. The van der Waals surface area contributed by atoms with Gasteiger partial charge in [-0.05, 0) is 72.0 Å². The maximum absolute atomic E-state index is 14.3. The molecule has 0 aliphatic heterocycles. The molecule has 0 saturated carbocycles. The van der Waals surface area contributed by atoms with Crippen LogP contribution in [0.15, 0.2) is 131 Å². The van der Waals surface area contributed by atoms with Gasteiger partial charge in [-0.15, -0.1) is 10.2 Å². The van der Waals surface area contributed by atoms with E-state index in [0.29, 0.717) is 53.2 Å². The molecule has 13 nitrogen and oxygen atoms in total. The number of tetrazole rings is 1. The van der Waals surface area contributed by atoms with Crippen molar-refractivity contribution in [2.24, 2.45) is 5.73 Å². The number of rotatable bonds is 10. The minimum atomic E-state index is -0.326. The van der Waals surface area contributed by atoms with Crippen molar-refractivity contribution in [2.75, 3.05) is 10.6 Å². The Balaban J connectivity index is 0.000000161. The maximum Gasteiger partial charge on any atom is 0.204 e. The van der Waals surface area contributed by atoms with Gasteiger partial charge in [-0.25, -0.2) is 14.4 Å². The first-order valence-corrected chi connectivity index (χ1v) is 19.5. The van der Waals surface area contributed by atoms with Crippen molar-refractivity contribution >= 4 is 66.4 Å². The van der Waals surface area contributed by atoms with E-state index in [1.54, 1.807) is 45.7 Å². The van der Waals surface area contributed by atoms with E-state index in [2.05, 4.69) is 90.4 Å². The Kier molecular flexibility index (Phi) is 11.3. The standard InChI is InChI=1S/C20H17BrClN5.C20H14BrFN8/c21-16-12-25-27-19(24-11-14-7-5-13(10-23)6-8-14)9-18(26-20(16)27)15-3-1-2-4-17(15)22;21-15-11-24-30-18(9-17(25-20(15)30)14-3-1-2-4-16(14)22)23-10-12-5-7-13(8-6-12)19-26-28-29-27-19/h1-9,12,24H,10-11,23H2;1-9,11,23H,10H2,(H,26,27,28,29). The van der Waals surface area contributed by atoms with Crippen LogP contribution in [-0.4, -0.2) is 49.8 Å². The molecule has 5 N–H and O–H groups in total. The van der Waals surface area contributed by atoms with Gasteiger partial charge in [0.25, 0.3) is 0 Å². The molecule has 5 aromatic heterocycles. The van der Waals surface area contributed by atoms with Gasteiger partial charge in [-0.1, -0.05) is 90.5 Å². The lowest BCUT2D eigenvalue weighted by molar-refractivity contribution is 0.630. The van der Waals surface area contributed by atoms with Gasteiger partial charge in [0.2, 0.25) is 5.82 Å². The number of nitrogens with zero attached hydrogens (tertiary/aromatic N) is 9. The summed E-state index contributed by atoms with van der Waals surface area (Å²) in [4.78, 5) is 9.29. The van der Waals surface area contributed by atoms with Crippen molar-refractivity contribution in [1.82, 2.24) is 49.8 Å². The number of aromatic amines is 1. The van der Waals surface area contributed by atoms with Crippen molar-refractivity contribution in [3.05, 3.63) is 158 Å². The minimum absolute atomic E-state index is 0.326. The topological polar surface area (TPSA) is 165 Å². The van der Waals surface area contributed by atoms with E-state index in [9.17, 15) is 4.39 Å². The van der Waals surface area contributed by atoms with Crippen LogP contribution in [0.4, 0.5) is 16.0 Å². The summed E-state index contributed by atoms with van der Waals surface area (Å²) in [5.41, 5.74) is 13.8. The largest absolute Gasteiger partial charge is 0.366 e. The van der Waals surface area contributed by atoms with Gasteiger partial charge in [0.1, 0.15) is 17.5 Å². The van der Waals surface area contributed by atoms with Gasteiger partial charge >= 0.3 is 0 Å². The molecule has 0 aliphatic carbocycles. The van der Waals surface area contributed by atoms with E-state index in [0.717, 1.165) is 53.9 Å². The molecule has 9 rings (SSSR count). The van der Waals surface area contributed by atoms with Crippen molar-refractivity contribution in [3.63, 3.8) is 0 Å². The molecule has 57 heavy (non-hydrogen) atoms. The van der Waals surface area contributed by atoms with E-state index >= 15 is 0 Å². The molecule has 0 fully saturated rings. The zero-order valence-electron chi connectivity index (χ0n) is 29.8. The van der Waals surface area contributed by atoms with Crippen LogP contribution in [0.25, 0.3) is 45.2 Å². The summed E-state index contributed by atoms with van der Waals surface area (Å²) in [6.45, 7) is 1.74. The van der Waals surface area contributed by atoms with Gasteiger partial charge in [0, 0.05) is 53.5 Å². The zero-order valence-corrected chi connectivity index (χ0v) is 33.7. The van der Waals surface area contributed by atoms with Crippen LogP contribution >= 0.6 is 43.5 Å². The van der Waals surface area contributed by atoms with Crippen LogP contribution in [0.1, 0.15) is 16.7 Å². The van der Waals surface area contributed by atoms with Crippen LogP contribution < -0.4 is 16.4 Å². The van der Waals surface area contributed by atoms with Crippen LogP contribution in [0, 0.1) is 5.82 Å². The van der Waals surface area contributed by atoms with Crippen LogP contribution in [0.5, 0.6) is 0 Å². The molecule has 0 radical (unpaired) electrons. The summed E-state index contributed by atoms with van der Waals surface area (Å²) in [5, 5.41) is 30.2. The lowest BCUT2D eigenvalue weighted by atomic mass is 10.1. The smallest absolute Gasteiger partial charge is 0.204 e. The molecule has 5 heterocycles. The number of hydrogen-bond acceptors (Lipinski definition) is 10. The molecule has 284 valence electrons. The lowest BCUT2D eigenvalue weighted by Crippen LogP contribution is -2.07. The van der Waals surface area contributed by atoms with E-state index in [1.165, 1.54) is 6.07 Å². The Morgan fingerprint density at radius 3 is 1.75 bits per heavy atom. The van der Waals surface area contributed by atoms with E-state index in [4.69, 9.17) is 22.3 Å². The SMILES string of the molecule is Fc1ccccc1-c1cc(NCc2ccc(-c3nn[nH]n3)cc2)n2ncc(Br)c2n1.NCc1ccc(CNc2cc(-c3ccccc3Cl)nc3c(Br)cnn23)cc1. The van der Waals surface area contributed by atoms with E-state index < -0.39 is 0 Å². The maximum atomic E-state index is 14.3. The minimum Gasteiger partial charge on any atom is -0.366 e. The highest BCUT2D eigenvalue weighted by molar-refractivity contribution is 9.11. The van der Waals surface area contributed by atoms with Gasteiger partial charge in [-0.3, -0.25) is 0 Å². The van der Waals surface area contributed by atoms with Crippen LogP contribution in [0.2, 0.25) is 5.02 Å². The number of halogens is 4. The Morgan fingerprint density at radius 1 is 0.684 bits per heavy atom. The molecule has 0 saturated heterocycles. The summed E-state index contributed by atoms with van der Waals surface area (Å²) in [7, 11) is 0. The highest BCUT2D eigenvalue weighted by Gasteiger charge is 2.15. The zero-order chi connectivity index (χ0) is 39.3. The van der Waals surface area contributed by atoms with Crippen molar-refractivity contribution < 1.29 is 4.39 Å². The molecule has 0 amide bonds. The summed E-state index contributed by atoms with van der Waals surface area (Å²) in [5.74, 6) is 1.75. The first-order valence-electron chi connectivity index (χ1n) is 17.5. The Labute approximate surface area is 346 Å². The number of hydrogen-bond donors (Lipinski definition) is 4. The predicted octanol–water partition coefficient (Wildman–Crippen LogP) is 8.97. The first kappa shape index (κ1) is 37.8. The van der Waals surface area contributed by atoms with E-state index in [-0.39, 0.29) is 5.82 Å². The van der Waals surface area contributed by atoms with Crippen LogP contribution in [0.3, 0.4) is 0 Å². The second-order valence-electron chi connectivity index (χ2n) is 12.6. The predicted molar refractivity (Wildman–Crippen MR) is 226 cm³/mol. The summed E-state index contributed by atoms with van der Waals surface area (Å²) in [6.07, 6.45) is 3.40. The highest BCUT2D eigenvalue weighted by atomic mass is 79.9. The fourth-order valence-electron chi connectivity index (χ4n) is 5.97. The molecule has 0 unspecified atom stereocenters. The lowest BCUT2D eigenvalue weighted by Gasteiger charge is -2.12. The van der Waals surface area contributed by atoms with Crippen molar-refractivity contribution in [1.29, 1.82) is 0 Å². The molecular weight excluding hydrogens is 877 g/mol. The second-order valence-corrected chi connectivity index (χ2v) is 14.7. The molecule has 9 aromatic rings. The number of benzene rings is 4. The van der Waals surface area contributed by atoms with E-state index in [1.807, 2.05) is 66.7 Å². The molecule has 0 aliphatic rings. The summed E-state index contributed by atoms with van der Waals surface area (Å²) in [6, 6.07) is 34.0. The average molecular weight is 908 g/mol. The number of nitrogens with one attached hydrogen (secondary N) is 3. The third-order valence-corrected chi connectivity index (χ3v) is 10.4. The summed E-state index contributed by atoms with van der Waals surface area (Å²) < 4.78 is 19.3. The van der Waals surface area contributed by atoms with Gasteiger partial charge in [0.05, 0.1) is 32.7 Å². The fraction of sp³-hybridized carbons (Fsp3) is 0.0750. The van der Waals surface area contributed by atoms with Crippen LogP contribution in [-0.2, 0) is 19.6 Å². The molecular formula is C40H31Br2ClFN13. The molecule has 17 heteroatoms. The summed E-state index contributed by atoms with van der Waals surface area (Å²) >= 11 is 13.4. The Bertz CT molecular complexity index is 2790.